The van der Waals surface area contributed by atoms with Crippen LogP contribution in [0.4, 0.5) is 11.4 Å². The molecule has 1 aromatic carbocycles. The van der Waals surface area contributed by atoms with Crippen molar-refractivity contribution in [3.8, 4) is 5.75 Å². The molecule has 3 heteroatoms. The Morgan fingerprint density at radius 1 is 1.50 bits per heavy atom. The van der Waals surface area contributed by atoms with Gasteiger partial charge in [-0.25, -0.2) is 0 Å². The number of ether oxygens (including phenoxy) is 1. The molecule has 0 amide bonds. The SMILES string of the molecule is CC1CN2CCNc3cccc(c32)O1. The minimum atomic E-state index is 0.302. The van der Waals surface area contributed by atoms with Gasteiger partial charge in [0, 0.05) is 13.1 Å². The Labute approximate surface area is 83.7 Å². The number of benzene rings is 1. The van der Waals surface area contributed by atoms with Gasteiger partial charge in [0.25, 0.3) is 0 Å². The molecule has 1 unspecified atom stereocenters. The van der Waals surface area contributed by atoms with E-state index < -0.39 is 0 Å². The molecule has 1 aromatic rings. The third kappa shape index (κ3) is 1.05. The molecule has 1 N–H and O–H groups in total. The number of hydrogen-bond donors (Lipinski definition) is 1. The Balaban J connectivity index is 2.14. The lowest BCUT2D eigenvalue weighted by Gasteiger charge is -2.39. The summed E-state index contributed by atoms with van der Waals surface area (Å²) in [4.78, 5) is 2.41. The maximum atomic E-state index is 5.80. The molecule has 74 valence electrons. The van der Waals surface area contributed by atoms with Crippen LogP contribution in [-0.2, 0) is 0 Å². The van der Waals surface area contributed by atoms with E-state index in [9.17, 15) is 0 Å². The van der Waals surface area contributed by atoms with Crippen molar-refractivity contribution in [1.82, 2.24) is 0 Å². The molecule has 2 aliphatic rings. The van der Waals surface area contributed by atoms with Gasteiger partial charge in [-0.2, -0.15) is 0 Å². The third-order valence-electron chi connectivity index (χ3n) is 2.82. The first-order valence-corrected chi connectivity index (χ1v) is 5.13. The Hall–Kier alpha value is -1.38. The fraction of sp³-hybridized carbons (Fsp3) is 0.455. The van der Waals surface area contributed by atoms with Crippen molar-refractivity contribution in [2.24, 2.45) is 0 Å². The minimum absolute atomic E-state index is 0.302. The quantitative estimate of drug-likeness (QED) is 0.674. The van der Waals surface area contributed by atoms with E-state index in [1.807, 2.05) is 6.07 Å². The Morgan fingerprint density at radius 2 is 2.43 bits per heavy atom. The van der Waals surface area contributed by atoms with Crippen molar-refractivity contribution >= 4 is 11.4 Å². The molecule has 0 spiro atoms. The fourth-order valence-corrected chi connectivity index (χ4v) is 2.27. The van der Waals surface area contributed by atoms with Crippen LogP contribution in [0.1, 0.15) is 6.92 Å². The van der Waals surface area contributed by atoms with Gasteiger partial charge in [-0.15, -0.1) is 0 Å². The highest BCUT2D eigenvalue weighted by Gasteiger charge is 2.27. The van der Waals surface area contributed by atoms with Gasteiger partial charge in [-0.05, 0) is 19.1 Å². The summed E-state index contributed by atoms with van der Waals surface area (Å²) < 4.78 is 5.80. The van der Waals surface area contributed by atoms with Crippen molar-refractivity contribution in [1.29, 1.82) is 0 Å². The number of para-hydroxylation sites is 1. The lowest BCUT2D eigenvalue weighted by atomic mass is 10.1. The minimum Gasteiger partial charge on any atom is -0.487 e. The molecule has 0 saturated carbocycles. The molecule has 0 bridgehead atoms. The summed E-state index contributed by atoms with van der Waals surface area (Å²) in [5.41, 5.74) is 2.46. The van der Waals surface area contributed by atoms with Gasteiger partial charge in [0.1, 0.15) is 17.5 Å². The maximum Gasteiger partial charge on any atom is 0.145 e. The molecule has 3 nitrogen and oxygen atoms in total. The van der Waals surface area contributed by atoms with Crippen molar-refractivity contribution in [3.05, 3.63) is 18.2 Å². The van der Waals surface area contributed by atoms with Crippen LogP contribution in [0.25, 0.3) is 0 Å². The Kier molecular flexibility index (Phi) is 1.60. The highest BCUT2D eigenvalue weighted by Crippen LogP contribution is 2.41. The topological polar surface area (TPSA) is 24.5 Å². The van der Waals surface area contributed by atoms with E-state index in [1.165, 1.54) is 11.4 Å². The lowest BCUT2D eigenvalue weighted by Crippen LogP contribution is -2.43. The zero-order valence-electron chi connectivity index (χ0n) is 8.29. The first-order chi connectivity index (χ1) is 6.84. The van der Waals surface area contributed by atoms with E-state index in [4.69, 9.17) is 4.74 Å². The number of nitrogens with one attached hydrogen (secondary N) is 1. The van der Waals surface area contributed by atoms with E-state index in [0.717, 1.165) is 25.4 Å². The number of anilines is 2. The Bertz CT molecular complexity index is 364. The van der Waals surface area contributed by atoms with E-state index in [0.29, 0.717) is 6.10 Å². The smallest absolute Gasteiger partial charge is 0.145 e. The van der Waals surface area contributed by atoms with Gasteiger partial charge >= 0.3 is 0 Å². The summed E-state index contributed by atoms with van der Waals surface area (Å²) in [6.07, 6.45) is 0.302. The van der Waals surface area contributed by atoms with Crippen LogP contribution in [0.5, 0.6) is 5.75 Å². The van der Waals surface area contributed by atoms with Crippen LogP contribution in [0, 0.1) is 0 Å². The standard InChI is InChI=1S/C11H14N2O/c1-8-7-13-6-5-12-9-3-2-4-10(14-8)11(9)13/h2-4,8,12H,5-7H2,1H3. The molecule has 2 aliphatic heterocycles. The van der Waals surface area contributed by atoms with Crippen LogP contribution in [0.2, 0.25) is 0 Å². The van der Waals surface area contributed by atoms with Crippen molar-refractivity contribution in [2.75, 3.05) is 29.9 Å². The summed E-state index contributed by atoms with van der Waals surface area (Å²) in [6, 6.07) is 6.21. The molecule has 0 aromatic heterocycles. The second-order valence-electron chi connectivity index (χ2n) is 3.95. The maximum absolute atomic E-state index is 5.80. The van der Waals surface area contributed by atoms with Gasteiger partial charge < -0.3 is 15.0 Å². The third-order valence-corrected chi connectivity index (χ3v) is 2.82. The first-order valence-electron chi connectivity index (χ1n) is 5.13. The summed E-state index contributed by atoms with van der Waals surface area (Å²) in [6.45, 7) is 5.24. The zero-order chi connectivity index (χ0) is 9.54. The van der Waals surface area contributed by atoms with Gasteiger partial charge in [-0.3, -0.25) is 0 Å². The van der Waals surface area contributed by atoms with E-state index in [1.54, 1.807) is 0 Å². The van der Waals surface area contributed by atoms with Crippen LogP contribution < -0.4 is 15.0 Å². The van der Waals surface area contributed by atoms with Crippen LogP contribution in [-0.4, -0.2) is 25.7 Å². The molecular weight excluding hydrogens is 176 g/mol. The molecule has 0 aliphatic carbocycles. The van der Waals surface area contributed by atoms with Gasteiger partial charge in [0.15, 0.2) is 0 Å². The molecule has 1 atom stereocenters. The van der Waals surface area contributed by atoms with Gasteiger partial charge in [0.2, 0.25) is 0 Å². The Morgan fingerprint density at radius 3 is 3.36 bits per heavy atom. The molecule has 0 saturated heterocycles. The van der Waals surface area contributed by atoms with Crippen molar-refractivity contribution < 1.29 is 4.74 Å². The molecule has 0 radical (unpaired) electrons. The van der Waals surface area contributed by atoms with E-state index in [2.05, 4.69) is 29.3 Å². The van der Waals surface area contributed by atoms with Gasteiger partial charge in [0.05, 0.1) is 12.2 Å². The predicted octanol–water partition coefficient (Wildman–Crippen LogP) is 1.70. The monoisotopic (exact) mass is 190 g/mol. The molecular formula is C11H14N2O. The van der Waals surface area contributed by atoms with Crippen LogP contribution in [0.15, 0.2) is 18.2 Å². The average molecular weight is 190 g/mol. The largest absolute Gasteiger partial charge is 0.487 e. The average Bonchev–Trinajstić information content (AvgIpc) is 2.18. The second kappa shape index (κ2) is 2.80. The summed E-state index contributed by atoms with van der Waals surface area (Å²) in [5, 5.41) is 3.39. The lowest BCUT2D eigenvalue weighted by molar-refractivity contribution is 0.212. The molecule has 14 heavy (non-hydrogen) atoms. The summed E-state index contributed by atoms with van der Waals surface area (Å²) >= 11 is 0. The van der Waals surface area contributed by atoms with Crippen molar-refractivity contribution in [3.63, 3.8) is 0 Å². The number of hydrogen-bond acceptors (Lipinski definition) is 3. The first kappa shape index (κ1) is 7.97. The normalized spacial score (nSPS) is 23.5. The van der Waals surface area contributed by atoms with Crippen molar-refractivity contribution in [2.45, 2.75) is 13.0 Å². The van der Waals surface area contributed by atoms with Crippen LogP contribution in [0.3, 0.4) is 0 Å². The second-order valence-corrected chi connectivity index (χ2v) is 3.95. The van der Waals surface area contributed by atoms with E-state index >= 15 is 0 Å². The number of rotatable bonds is 0. The molecule has 2 heterocycles. The molecule has 3 rings (SSSR count). The summed E-state index contributed by atoms with van der Waals surface area (Å²) in [7, 11) is 0. The highest BCUT2D eigenvalue weighted by atomic mass is 16.5. The summed E-state index contributed by atoms with van der Waals surface area (Å²) in [5.74, 6) is 1.02. The molecule has 0 fully saturated rings. The number of nitrogens with zero attached hydrogens (tertiary/aromatic N) is 1. The van der Waals surface area contributed by atoms with Crippen LogP contribution >= 0.6 is 0 Å². The van der Waals surface area contributed by atoms with E-state index in [-0.39, 0.29) is 0 Å². The predicted molar refractivity (Wildman–Crippen MR) is 57.2 cm³/mol. The highest BCUT2D eigenvalue weighted by molar-refractivity contribution is 5.79. The van der Waals surface area contributed by atoms with Gasteiger partial charge in [-0.1, -0.05) is 6.07 Å². The fourth-order valence-electron chi connectivity index (χ4n) is 2.27. The zero-order valence-corrected chi connectivity index (χ0v) is 8.29.